The molecule has 144 valence electrons. The van der Waals surface area contributed by atoms with Crippen molar-refractivity contribution < 1.29 is 13.6 Å². The molecule has 0 aliphatic rings. The predicted molar refractivity (Wildman–Crippen MR) is 111 cm³/mol. The average Bonchev–Trinajstić information content (AvgIpc) is 2.69. The van der Waals surface area contributed by atoms with Crippen molar-refractivity contribution in [2.45, 2.75) is 12.8 Å². The Balaban J connectivity index is 1.75. The minimum atomic E-state index is -2.10. The summed E-state index contributed by atoms with van der Waals surface area (Å²) in [6.45, 7) is 1.83. The number of pyridine rings is 1. The molecule has 0 radical (unpaired) electrons. The smallest absolute Gasteiger partial charge is 0.255 e. The minimum absolute atomic E-state index is 0.0482. The van der Waals surface area contributed by atoms with Crippen molar-refractivity contribution in [3.8, 4) is 11.3 Å². The van der Waals surface area contributed by atoms with Crippen LogP contribution in [0.3, 0.4) is 0 Å². The van der Waals surface area contributed by atoms with Crippen molar-refractivity contribution in [1.29, 1.82) is 0 Å². The normalized spacial score (nSPS) is 13.0. The van der Waals surface area contributed by atoms with Gasteiger partial charge in [0.15, 0.2) is 0 Å². The second-order valence-electron chi connectivity index (χ2n) is 6.36. The summed E-state index contributed by atoms with van der Waals surface area (Å²) in [5.74, 6) is -0.347. The number of carbonyl (C=O) groups excluding carboxylic acids is 1. The van der Waals surface area contributed by atoms with E-state index in [-0.39, 0.29) is 17.6 Å². The maximum atomic E-state index is 12.5. The molecule has 2 unspecified atom stereocenters. The summed E-state index contributed by atoms with van der Waals surface area (Å²) in [5, 5.41) is 3.40. The van der Waals surface area contributed by atoms with E-state index in [0.717, 1.165) is 16.8 Å². The molecule has 0 fully saturated rings. The first-order valence-electron chi connectivity index (χ1n) is 8.62. The molecule has 3 aromatic rings. The van der Waals surface area contributed by atoms with Gasteiger partial charge in [0.2, 0.25) is 0 Å². The highest BCUT2D eigenvalue weighted by molar-refractivity contribution is 7.79. The van der Waals surface area contributed by atoms with Gasteiger partial charge in [-0.25, -0.2) is 0 Å². The predicted octanol–water partition coefficient (Wildman–Crippen LogP) is 4.64. The maximum absolute atomic E-state index is 12.5. The van der Waals surface area contributed by atoms with Gasteiger partial charge in [-0.2, -0.15) is 0 Å². The Hall–Kier alpha value is -2.54. The fraction of sp³-hybridized carbons (Fsp3) is 0.143. The maximum Gasteiger partial charge on any atom is 0.255 e. The lowest BCUT2D eigenvalue weighted by atomic mass is 10.0. The van der Waals surface area contributed by atoms with Gasteiger partial charge in [0.05, 0.1) is 10.7 Å². The largest absolute Gasteiger partial charge is 0.772 e. The van der Waals surface area contributed by atoms with Gasteiger partial charge in [-0.1, -0.05) is 47.8 Å². The van der Waals surface area contributed by atoms with Crippen LogP contribution in [0.25, 0.3) is 11.3 Å². The minimum Gasteiger partial charge on any atom is -0.772 e. The lowest BCUT2D eigenvalue weighted by molar-refractivity contribution is 0.102. The molecule has 0 bridgehead atoms. The molecule has 7 heteroatoms. The highest BCUT2D eigenvalue weighted by Gasteiger charge is 2.11. The van der Waals surface area contributed by atoms with Crippen LogP contribution in [0.5, 0.6) is 0 Å². The van der Waals surface area contributed by atoms with Crippen molar-refractivity contribution in [3.05, 3.63) is 83.0 Å². The fourth-order valence-electron chi connectivity index (χ4n) is 2.79. The summed E-state index contributed by atoms with van der Waals surface area (Å²) in [6, 6.07) is 17.7. The first-order valence-corrected chi connectivity index (χ1v) is 10.2. The zero-order chi connectivity index (χ0) is 20.1. The number of benzene rings is 2. The molecule has 28 heavy (non-hydrogen) atoms. The monoisotopic (exact) mass is 413 g/mol. The number of rotatable bonds is 6. The quantitative estimate of drug-likeness (QED) is 0.597. The molecule has 0 saturated carbocycles. The van der Waals surface area contributed by atoms with Crippen LogP contribution in [0, 0.1) is 0 Å². The molecule has 1 N–H and O–H groups in total. The number of nitrogens with zero attached hydrogens (tertiary/aromatic N) is 1. The van der Waals surface area contributed by atoms with E-state index in [9.17, 15) is 13.6 Å². The SMILES string of the molecule is CC(CS(=O)[O-])c1ccc(C(=O)Nc2ccc(Cl)c(-c3ccccn3)c2)cc1. The molecular formula is C21H18ClN2O3S-. The first-order chi connectivity index (χ1) is 13.4. The molecule has 0 aliphatic carbocycles. The van der Waals surface area contributed by atoms with Gasteiger partial charge in [-0.3, -0.25) is 14.0 Å². The van der Waals surface area contributed by atoms with Gasteiger partial charge >= 0.3 is 0 Å². The summed E-state index contributed by atoms with van der Waals surface area (Å²) in [4.78, 5) is 16.8. The molecule has 0 aliphatic heterocycles. The van der Waals surface area contributed by atoms with Gasteiger partial charge in [0, 0.05) is 28.8 Å². The molecule has 1 aromatic heterocycles. The van der Waals surface area contributed by atoms with Gasteiger partial charge < -0.3 is 9.87 Å². The lowest BCUT2D eigenvalue weighted by Gasteiger charge is -2.14. The zero-order valence-electron chi connectivity index (χ0n) is 15.1. The number of halogens is 1. The highest BCUT2D eigenvalue weighted by atomic mass is 35.5. The van der Waals surface area contributed by atoms with E-state index in [2.05, 4.69) is 10.3 Å². The van der Waals surface area contributed by atoms with E-state index in [1.54, 1.807) is 48.7 Å². The van der Waals surface area contributed by atoms with Crippen molar-refractivity contribution >= 4 is 34.3 Å². The number of anilines is 1. The van der Waals surface area contributed by atoms with Crippen molar-refractivity contribution in [2.75, 3.05) is 11.1 Å². The van der Waals surface area contributed by atoms with Crippen LogP contribution >= 0.6 is 11.6 Å². The van der Waals surface area contributed by atoms with Gasteiger partial charge in [0.25, 0.3) is 5.91 Å². The van der Waals surface area contributed by atoms with E-state index in [1.165, 1.54) is 0 Å². The Kier molecular flexibility index (Phi) is 6.57. The number of nitrogens with one attached hydrogen (secondary N) is 1. The molecule has 2 aromatic carbocycles. The molecular weight excluding hydrogens is 396 g/mol. The summed E-state index contributed by atoms with van der Waals surface area (Å²) in [6.07, 6.45) is 1.68. The van der Waals surface area contributed by atoms with Crippen LogP contribution in [0.2, 0.25) is 5.02 Å². The molecule has 0 saturated heterocycles. The van der Waals surface area contributed by atoms with Crippen LogP contribution in [-0.4, -0.2) is 25.4 Å². The van der Waals surface area contributed by atoms with Gasteiger partial charge in [0.1, 0.15) is 0 Å². The second kappa shape index (κ2) is 9.10. The zero-order valence-corrected chi connectivity index (χ0v) is 16.7. The van der Waals surface area contributed by atoms with Crippen molar-refractivity contribution in [2.24, 2.45) is 0 Å². The third-order valence-corrected chi connectivity index (χ3v) is 5.39. The van der Waals surface area contributed by atoms with E-state index < -0.39 is 11.1 Å². The van der Waals surface area contributed by atoms with Crippen molar-refractivity contribution in [1.82, 2.24) is 4.98 Å². The lowest BCUT2D eigenvalue weighted by Crippen LogP contribution is -2.12. The number of hydrogen-bond donors (Lipinski definition) is 1. The molecule has 2 atom stereocenters. The number of hydrogen-bond acceptors (Lipinski definition) is 4. The molecule has 3 rings (SSSR count). The molecule has 0 spiro atoms. The standard InChI is InChI=1S/C21H19ClN2O3S/c1-14(13-28(26)27)15-5-7-16(8-6-15)21(25)24-17-9-10-19(22)18(12-17)20-4-2-3-11-23-20/h2-12,14H,13H2,1H3,(H,24,25)(H,26,27)/p-1. The molecule has 1 amide bonds. The number of amides is 1. The Bertz CT molecular complexity index is 994. The van der Waals surface area contributed by atoms with E-state index in [1.807, 2.05) is 25.1 Å². The van der Waals surface area contributed by atoms with E-state index in [0.29, 0.717) is 16.3 Å². The third kappa shape index (κ3) is 5.04. The second-order valence-corrected chi connectivity index (χ2v) is 7.71. The Labute approximate surface area is 171 Å². The Morgan fingerprint density at radius 2 is 1.93 bits per heavy atom. The topological polar surface area (TPSA) is 82.1 Å². The number of carbonyl (C=O) groups is 1. The Morgan fingerprint density at radius 1 is 1.18 bits per heavy atom. The van der Waals surface area contributed by atoms with Crippen molar-refractivity contribution in [3.63, 3.8) is 0 Å². The summed E-state index contributed by atoms with van der Waals surface area (Å²) in [5.41, 5.74) is 3.40. The number of aromatic nitrogens is 1. The fourth-order valence-corrected chi connectivity index (χ4v) is 3.60. The third-order valence-electron chi connectivity index (χ3n) is 4.29. The van der Waals surface area contributed by atoms with Crippen LogP contribution < -0.4 is 5.32 Å². The summed E-state index contributed by atoms with van der Waals surface area (Å²) < 4.78 is 21.7. The van der Waals surface area contributed by atoms with E-state index >= 15 is 0 Å². The van der Waals surface area contributed by atoms with Gasteiger partial charge in [-0.05, 0) is 53.9 Å². The summed E-state index contributed by atoms with van der Waals surface area (Å²) in [7, 11) is 0. The summed E-state index contributed by atoms with van der Waals surface area (Å²) >= 11 is 4.17. The average molecular weight is 414 g/mol. The van der Waals surface area contributed by atoms with Gasteiger partial charge in [-0.15, -0.1) is 0 Å². The van der Waals surface area contributed by atoms with Crippen LogP contribution in [-0.2, 0) is 11.1 Å². The van der Waals surface area contributed by atoms with Crippen LogP contribution in [0.15, 0.2) is 66.9 Å². The molecule has 1 heterocycles. The van der Waals surface area contributed by atoms with E-state index in [4.69, 9.17) is 11.6 Å². The molecule has 5 nitrogen and oxygen atoms in total. The van der Waals surface area contributed by atoms with Crippen LogP contribution in [0.1, 0.15) is 28.8 Å². The van der Waals surface area contributed by atoms with Crippen LogP contribution in [0.4, 0.5) is 5.69 Å². The first kappa shape index (κ1) is 20.2. The Morgan fingerprint density at radius 3 is 2.57 bits per heavy atom. The highest BCUT2D eigenvalue weighted by Crippen LogP contribution is 2.29.